The van der Waals surface area contributed by atoms with Crippen LogP contribution in [0, 0.1) is 0 Å². The number of hydrogen-bond acceptors (Lipinski definition) is 2. The molecule has 384 valence electrons. The molecular formula is C74H68N4. The number of fused-ring (bicyclic) bond motifs is 15. The van der Waals surface area contributed by atoms with E-state index in [1.165, 1.54) is 121 Å². The van der Waals surface area contributed by atoms with Gasteiger partial charge in [0.25, 0.3) is 0 Å². The molecule has 0 saturated heterocycles. The van der Waals surface area contributed by atoms with E-state index in [0.29, 0.717) is 0 Å². The topological polar surface area (TPSA) is 15.3 Å². The van der Waals surface area contributed by atoms with E-state index in [2.05, 4.69) is 296 Å². The molecule has 4 aromatic heterocycles. The SMILES string of the molecule is CC(C)(C)c1cc(N(c2ccccc2)c2ccccc2)c2c(c1)c1cc(C(C)(C)C)cc3c4c5ccc6c(c5ccc4n2c13)c1cc(C(C)(C)C)cc2c3cc(C(C)(C)C)cc(N(c4ccccc4)c4ccccc4)c3n6c21. The van der Waals surface area contributed by atoms with E-state index in [0.717, 1.165) is 22.7 Å². The highest BCUT2D eigenvalue weighted by Gasteiger charge is 2.32. The number of anilines is 6. The Hall–Kier alpha value is -8.34. The summed E-state index contributed by atoms with van der Waals surface area (Å²) in [5.74, 6) is 0. The normalized spacial score (nSPS) is 13.1. The van der Waals surface area contributed by atoms with Crippen LogP contribution in [0.25, 0.3) is 87.0 Å². The summed E-state index contributed by atoms with van der Waals surface area (Å²) in [5, 5.41) is 13.0. The first kappa shape index (κ1) is 48.1. The van der Waals surface area contributed by atoms with Gasteiger partial charge in [-0.25, -0.2) is 0 Å². The molecule has 0 saturated carbocycles. The molecule has 0 N–H and O–H groups in total. The van der Waals surface area contributed by atoms with Crippen LogP contribution >= 0.6 is 0 Å². The quantitative estimate of drug-likeness (QED) is 0.165. The van der Waals surface area contributed by atoms with E-state index < -0.39 is 0 Å². The largest absolute Gasteiger partial charge is 0.308 e. The van der Waals surface area contributed by atoms with Crippen LogP contribution < -0.4 is 9.80 Å². The Bertz CT molecular complexity index is 4290. The molecule has 0 spiro atoms. The minimum atomic E-state index is -0.101. The van der Waals surface area contributed by atoms with Gasteiger partial charge in [-0.1, -0.05) is 168 Å². The fourth-order valence-corrected chi connectivity index (χ4v) is 12.9. The van der Waals surface area contributed by atoms with Gasteiger partial charge in [0.1, 0.15) is 0 Å². The number of benzene rings is 10. The molecule has 14 rings (SSSR count). The van der Waals surface area contributed by atoms with Gasteiger partial charge in [0.05, 0.1) is 44.5 Å². The maximum absolute atomic E-state index is 2.63. The average Bonchev–Trinajstić information content (AvgIpc) is 4.14. The number of hydrogen-bond donors (Lipinski definition) is 0. The molecule has 14 aromatic rings. The standard InChI is InChI=1S/C74H68N4/c1-71(2,3)45-37-55-57-39-47(73(7,8)9)43-63(75(49-25-17-13-18-26-49)50-27-19-14-20-28-50)69(57)77-61-35-34-54-53(65(61)59(41-45)67(55)77)33-36-62-66(54)60-42-46(72(4,5)6)38-56-58-40-48(74(10,11)12)44-64(70(58)78(62)68(56)60)76(51-29-21-15-22-30-51)52-31-23-16-24-32-52/h13-44H,1-12H3. The Morgan fingerprint density at radius 2 is 0.513 bits per heavy atom. The first-order chi connectivity index (χ1) is 37.3. The third kappa shape index (κ3) is 7.11. The summed E-state index contributed by atoms with van der Waals surface area (Å²) in [6.45, 7) is 28.3. The fraction of sp³-hybridized carbons (Fsp3) is 0.216. The Balaban J connectivity index is 1.16. The van der Waals surface area contributed by atoms with E-state index >= 15 is 0 Å². The number of rotatable bonds is 6. The van der Waals surface area contributed by atoms with Crippen LogP contribution in [0.2, 0.25) is 0 Å². The summed E-state index contributed by atoms with van der Waals surface area (Å²) in [6, 6.07) is 73.6. The van der Waals surface area contributed by atoms with Crippen LogP contribution in [0.5, 0.6) is 0 Å². The van der Waals surface area contributed by atoms with Crippen molar-refractivity contribution in [2.24, 2.45) is 0 Å². The van der Waals surface area contributed by atoms with Gasteiger partial charge in [0.15, 0.2) is 0 Å². The van der Waals surface area contributed by atoms with Crippen LogP contribution in [0.15, 0.2) is 194 Å². The van der Waals surface area contributed by atoms with Gasteiger partial charge < -0.3 is 18.6 Å². The first-order valence-electron chi connectivity index (χ1n) is 28.0. The molecule has 0 aliphatic heterocycles. The lowest BCUT2D eigenvalue weighted by atomic mass is 9.83. The molecule has 0 aliphatic carbocycles. The third-order valence-corrected chi connectivity index (χ3v) is 17.1. The fourth-order valence-electron chi connectivity index (χ4n) is 12.9. The van der Waals surface area contributed by atoms with Crippen LogP contribution in [0.1, 0.15) is 105 Å². The van der Waals surface area contributed by atoms with E-state index in [1.54, 1.807) is 0 Å². The Kier molecular flexibility index (Phi) is 10.2. The monoisotopic (exact) mass is 1010 g/mol. The van der Waals surface area contributed by atoms with Crippen molar-refractivity contribution in [3.63, 3.8) is 0 Å². The number of aromatic nitrogens is 2. The molecule has 0 fully saturated rings. The highest BCUT2D eigenvalue weighted by atomic mass is 15.2. The van der Waals surface area contributed by atoms with Crippen molar-refractivity contribution in [3.8, 4) is 0 Å². The van der Waals surface area contributed by atoms with E-state index in [9.17, 15) is 0 Å². The summed E-state index contributed by atoms with van der Waals surface area (Å²) in [7, 11) is 0. The smallest absolute Gasteiger partial charge is 0.0783 e. The molecule has 0 aliphatic rings. The zero-order chi connectivity index (χ0) is 53.9. The highest BCUT2D eigenvalue weighted by Crippen LogP contribution is 2.53. The highest BCUT2D eigenvalue weighted by molar-refractivity contribution is 6.36. The molecule has 0 amide bonds. The van der Waals surface area contributed by atoms with Gasteiger partial charge in [0, 0.05) is 65.8 Å². The summed E-state index contributed by atoms with van der Waals surface area (Å²) < 4.78 is 5.26. The molecular weight excluding hydrogens is 945 g/mol. The summed E-state index contributed by atoms with van der Waals surface area (Å²) in [4.78, 5) is 4.97. The second-order valence-electron chi connectivity index (χ2n) is 26.3. The molecule has 4 nitrogen and oxygen atoms in total. The van der Waals surface area contributed by atoms with Crippen molar-refractivity contribution in [3.05, 3.63) is 216 Å². The lowest BCUT2D eigenvalue weighted by Crippen LogP contribution is -2.15. The summed E-state index contributed by atoms with van der Waals surface area (Å²) >= 11 is 0. The van der Waals surface area contributed by atoms with Crippen molar-refractivity contribution >= 4 is 121 Å². The molecule has 78 heavy (non-hydrogen) atoms. The van der Waals surface area contributed by atoms with Crippen molar-refractivity contribution in [1.82, 2.24) is 8.80 Å². The second-order valence-corrected chi connectivity index (χ2v) is 26.3. The van der Waals surface area contributed by atoms with Gasteiger partial charge in [-0.3, -0.25) is 0 Å². The first-order valence-corrected chi connectivity index (χ1v) is 28.0. The van der Waals surface area contributed by atoms with Gasteiger partial charge in [0.2, 0.25) is 0 Å². The second kappa shape index (κ2) is 16.6. The summed E-state index contributed by atoms with van der Waals surface area (Å²) in [5.41, 5.74) is 19.2. The lowest BCUT2D eigenvalue weighted by molar-refractivity contribution is 0.591. The maximum atomic E-state index is 2.63. The minimum absolute atomic E-state index is 0.0974. The molecule has 10 aromatic carbocycles. The van der Waals surface area contributed by atoms with E-state index in [1.807, 2.05) is 0 Å². The Morgan fingerprint density at radius 1 is 0.256 bits per heavy atom. The summed E-state index contributed by atoms with van der Waals surface area (Å²) in [6.07, 6.45) is 0. The molecule has 0 bridgehead atoms. The zero-order valence-electron chi connectivity index (χ0n) is 47.3. The lowest BCUT2D eigenvalue weighted by Gasteiger charge is -2.29. The van der Waals surface area contributed by atoms with Gasteiger partial charge in [-0.2, -0.15) is 0 Å². The van der Waals surface area contributed by atoms with Crippen LogP contribution in [-0.2, 0) is 21.7 Å². The molecule has 4 heteroatoms. The van der Waals surface area contributed by atoms with Crippen molar-refractivity contribution in [2.75, 3.05) is 9.80 Å². The van der Waals surface area contributed by atoms with Gasteiger partial charge in [-0.05, 0) is 164 Å². The van der Waals surface area contributed by atoms with Crippen LogP contribution in [0.4, 0.5) is 34.1 Å². The van der Waals surface area contributed by atoms with Crippen LogP contribution in [0.3, 0.4) is 0 Å². The van der Waals surface area contributed by atoms with Gasteiger partial charge in [-0.15, -0.1) is 0 Å². The minimum Gasteiger partial charge on any atom is -0.308 e. The van der Waals surface area contributed by atoms with Crippen molar-refractivity contribution < 1.29 is 0 Å². The van der Waals surface area contributed by atoms with E-state index in [4.69, 9.17) is 0 Å². The average molecular weight is 1010 g/mol. The predicted octanol–water partition coefficient (Wildman–Crippen LogP) is 21.3. The molecule has 0 radical (unpaired) electrons. The molecule has 0 atom stereocenters. The Labute approximate surface area is 458 Å². The van der Waals surface area contributed by atoms with Crippen molar-refractivity contribution in [2.45, 2.75) is 105 Å². The van der Waals surface area contributed by atoms with E-state index in [-0.39, 0.29) is 21.7 Å². The maximum Gasteiger partial charge on any atom is 0.0783 e. The predicted molar refractivity (Wildman–Crippen MR) is 337 cm³/mol. The Morgan fingerprint density at radius 3 is 0.795 bits per heavy atom. The molecule has 0 unspecified atom stereocenters. The molecule has 4 heterocycles. The number of nitrogens with zero attached hydrogens (tertiary/aromatic N) is 4. The van der Waals surface area contributed by atoms with Gasteiger partial charge >= 0.3 is 0 Å². The van der Waals surface area contributed by atoms with Crippen LogP contribution in [-0.4, -0.2) is 8.80 Å². The zero-order valence-corrected chi connectivity index (χ0v) is 47.3. The van der Waals surface area contributed by atoms with Crippen molar-refractivity contribution in [1.29, 1.82) is 0 Å². The third-order valence-electron chi connectivity index (χ3n) is 17.1. The number of para-hydroxylation sites is 4.